The van der Waals surface area contributed by atoms with Gasteiger partial charge in [-0.15, -0.1) is 0 Å². The fraction of sp³-hybridized carbons (Fsp3) is 0.320. The molecule has 0 saturated carbocycles. The number of aromatic nitrogens is 2. The molecule has 1 aromatic heterocycles. The molecule has 0 bridgehead atoms. The van der Waals surface area contributed by atoms with Gasteiger partial charge in [0.05, 0.1) is 11.4 Å². The minimum absolute atomic E-state index is 0.140. The van der Waals surface area contributed by atoms with Crippen LogP contribution in [0.25, 0.3) is 5.69 Å². The van der Waals surface area contributed by atoms with Crippen molar-refractivity contribution in [2.24, 2.45) is 0 Å². The number of hydrogen-bond donors (Lipinski definition) is 1. The van der Waals surface area contributed by atoms with E-state index in [0.29, 0.717) is 11.4 Å². The molecule has 0 aliphatic carbocycles. The first-order chi connectivity index (χ1) is 15.1. The average Bonchev–Trinajstić information content (AvgIpc) is 3.17. The Morgan fingerprint density at radius 3 is 2.25 bits per heavy atom. The quantitative estimate of drug-likeness (QED) is 0.604. The lowest BCUT2D eigenvalue weighted by atomic mass is 9.92. The van der Waals surface area contributed by atoms with Crippen LogP contribution >= 0.6 is 0 Å². The maximum atomic E-state index is 13.2. The van der Waals surface area contributed by atoms with Crippen molar-refractivity contribution in [3.63, 3.8) is 0 Å². The largest absolute Gasteiger partial charge is 0.327 e. The van der Waals surface area contributed by atoms with Gasteiger partial charge in [0.1, 0.15) is 18.2 Å². The van der Waals surface area contributed by atoms with Gasteiger partial charge in [0.2, 0.25) is 5.91 Å². The van der Waals surface area contributed by atoms with Crippen molar-refractivity contribution in [2.45, 2.75) is 46.1 Å². The maximum absolute atomic E-state index is 13.2. The Morgan fingerprint density at radius 2 is 1.69 bits per heavy atom. The van der Waals surface area contributed by atoms with E-state index in [4.69, 9.17) is 5.10 Å². The number of anilines is 1. The van der Waals surface area contributed by atoms with Gasteiger partial charge in [0, 0.05) is 23.1 Å². The van der Waals surface area contributed by atoms with Crippen molar-refractivity contribution < 1.29 is 14.0 Å². The molecule has 32 heavy (non-hydrogen) atoms. The molecule has 0 saturated heterocycles. The van der Waals surface area contributed by atoms with E-state index >= 15 is 0 Å². The molecule has 1 heterocycles. The SMILES string of the molecule is CC(C)N(CC(=O)Nc1cc(C(C)(C)C)nn1-c1ccccc1)C(=O)c1ccc(F)cc1. The second kappa shape index (κ2) is 9.34. The number of amides is 2. The van der Waals surface area contributed by atoms with Crippen molar-refractivity contribution in [1.29, 1.82) is 0 Å². The van der Waals surface area contributed by atoms with Crippen LogP contribution in [0.5, 0.6) is 0 Å². The Kier molecular flexibility index (Phi) is 6.77. The average molecular weight is 437 g/mol. The van der Waals surface area contributed by atoms with E-state index in [1.54, 1.807) is 4.68 Å². The van der Waals surface area contributed by atoms with Gasteiger partial charge >= 0.3 is 0 Å². The van der Waals surface area contributed by atoms with Gasteiger partial charge in [0.15, 0.2) is 0 Å². The number of benzene rings is 2. The van der Waals surface area contributed by atoms with Gasteiger partial charge in [-0.2, -0.15) is 5.10 Å². The lowest BCUT2D eigenvalue weighted by molar-refractivity contribution is -0.117. The molecule has 1 N–H and O–H groups in total. The van der Waals surface area contributed by atoms with Crippen molar-refractivity contribution >= 4 is 17.6 Å². The lowest BCUT2D eigenvalue weighted by Gasteiger charge is -2.26. The zero-order valence-electron chi connectivity index (χ0n) is 19.1. The molecule has 2 amide bonds. The van der Waals surface area contributed by atoms with Crippen molar-refractivity contribution in [2.75, 3.05) is 11.9 Å². The first kappa shape index (κ1) is 23.2. The molecule has 0 aliphatic rings. The lowest BCUT2D eigenvalue weighted by Crippen LogP contribution is -2.42. The van der Waals surface area contributed by atoms with E-state index in [1.165, 1.54) is 29.2 Å². The number of rotatable bonds is 6. The third-order valence-electron chi connectivity index (χ3n) is 5.04. The molecular weight excluding hydrogens is 407 g/mol. The summed E-state index contributed by atoms with van der Waals surface area (Å²) in [4.78, 5) is 27.3. The fourth-order valence-electron chi connectivity index (χ4n) is 3.19. The summed E-state index contributed by atoms with van der Waals surface area (Å²) in [5, 5.41) is 7.61. The minimum Gasteiger partial charge on any atom is -0.327 e. The summed E-state index contributed by atoms with van der Waals surface area (Å²) in [6.45, 7) is 9.69. The number of hydrogen-bond acceptors (Lipinski definition) is 3. The molecular formula is C25H29FN4O2. The summed E-state index contributed by atoms with van der Waals surface area (Å²) in [5.41, 5.74) is 1.78. The summed E-state index contributed by atoms with van der Waals surface area (Å²) in [6, 6.07) is 16.5. The number of carbonyl (C=O) groups is 2. The smallest absolute Gasteiger partial charge is 0.254 e. The van der Waals surface area contributed by atoms with Gasteiger partial charge in [-0.3, -0.25) is 9.59 Å². The topological polar surface area (TPSA) is 67.2 Å². The Morgan fingerprint density at radius 1 is 1.06 bits per heavy atom. The molecule has 0 spiro atoms. The third-order valence-corrected chi connectivity index (χ3v) is 5.04. The molecule has 2 aromatic carbocycles. The second-order valence-electron chi connectivity index (χ2n) is 8.99. The normalized spacial score (nSPS) is 11.5. The monoisotopic (exact) mass is 436 g/mol. The number of para-hydroxylation sites is 1. The molecule has 3 rings (SSSR count). The van der Waals surface area contributed by atoms with E-state index in [2.05, 4.69) is 26.1 Å². The Labute approximate surface area is 188 Å². The number of carbonyl (C=O) groups excluding carboxylic acids is 2. The number of nitrogens with one attached hydrogen (secondary N) is 1. The highest BCUT2D eigenvalue weighted by Gasteiger charge is 2.24. The summed E-state index contributed by atoms with van der Waals surface area (Å²) >= 11 is 0. The van der Waals surface area contributed by atoms with E-state index in [9.17, 15) is 14.0 Å². The van der Waals surface area contributed by atoms with Crippen molar-refractivity contribution in [1.82, 2.24) is 14.7 Å². The standard InChI is InChI=1S/C25H29FN4O2/c1-17(2)29(24(32)18-11-13-19(26)14-12-18)16-23(31)27-22-15-21(25(3,4)5)28-30(22)20-9-7-6-8-10-20/h6-15,17H,16H2,1-5H3,(H,27,31). The molecule has 0 fully saturated rings. The third kappa shape index (κ3) is 5.41. The predicted molar refractivity (Wildman–Crippen MR) is 123 cm³/mol. The molecule has 0 aliphatic heterocycles. The zero-order valence-corrected chi connectivity index (χ0v) is 19.1. The first-order valence-electron chi connectivity index (χ1n) is 10.6. The van der Waals surface area contributed by atoms with E-state index in [0.717, 1.165) is 11.4 Å². The molecule has 168 valence electrons. The van der Waals surface area contributed by atoms with Crippen LogP contribution in [0.4, 0.5) is 10.2 Å². The van der Waals surface area contributed by atoms with Crippen LogP contribution in [0.2, 0.25) is 0 Å². The minimum atomic E-state index is -0.417. The van der Waals surface area contributed by atoms with E-state index < -0.39 is 5.82 Å². The molecule has 0 radical (unpaired) electrons. The number of halogens is 1. The highest BCUT2D eigenvalue weighted by atomic mass is 19.1. The van der Waals surface area contributed by atoms with Crippen LogP contribution < -0.4 is 5.32 Å². The molecule has 3 aromatic rings. The van der Waals surface area contributed by atoms with Crippen molar-refractivity contribution in [3.8, 4) is 5.69 Å². The van der Waals surface area contributed by atoms with Crippen LogP contribution in [0.3, 0.4) is 0 Å². The Hall–Kier alpha value is -3.48. The van der Waals surface area contributed by atoms with E-state index in [1.807, 2.05) is 50.2 Å². The van der Waals surface area contributed by atoms with Crippen LogP contribution in [-0.2, 0) is 10.2 Å². The predicted octanol–water partition coefficient (Wildman–Crippen LogP) is 4.80. The second-order valence-corrected chi connectivity index (χ2v) is 8.99. The summed E-state index contributed by atoms with van der Waals surface area (Å²) in [7, 11) is 0. The number of nitrogens with zero attached hydrogens (tertiary/aromatic N) is 3. The van der Waals surface area contributed by atoms with Gasteiger partial charge in [-0.25, -0.2) is 9.07 Å². The van der Waals surface area contributed by atoms with Gasteiger partial charge in [0.25, 0.3) is 5.91 Å². The molecule has 0 unspecified atom stereocenters. The Balaban J connectivity index is 1.84. The summed E-state index contributed by atoms with van der Waals surface area (Å²) < 4.78 is 14.9. The Bertz CT molecular complexity index is 1080. The van der Waals surface area contributed by atoms with Crippen molar-refractivity contribution in [3.05, 3.63) is 77.7 Å². The van der Waals surface area contributed by atoms with Gasteiger partial charge in [-0.1, -0.05) is 39.0 Å². The van der Waals surface area contributed by atoms with E-state index in [-0.39, 0.29) is 29.8 Å². The maximum Gasteiger partial charge on any atom is 0.254 e. The summed E-state index contributed by atoms with van der Waals surface area (Å²) in [6.07, 6.45) is 0. The highest BCUT2D eigenvalue weighted by Crippen LogP contribution is 2.26. The molecule has 7 heteroatoms. The van der Waals surface area contributed by atoms with Crippen LogP contribution in [-0.4, -0.2) is 39.1 Å². The van der Waals surface area contributed by atoms with Crippen LogP contribution in [0.1, 0.15) is 50.7 Å². The van der Waals surface area contributed by atoms with Gasteiger partial charge in [-0.05, 0) is 50.2 Å². The van der Waals surface area contributed by atoms with Crippen LogP contribution in [0, 0.1) is 5.82 Å². The fourth-order valence-corrected chi connectivity index (χ4v) is 3.19. The van der Waals surface area contributed by atoms with Gasteiger partial charge < -0.3 is 10.2 Å². The molecule has 6 nitrogen and oxygen atoms in total. The van der Waals surface area contributed by atoms with Crippen LogP contribution in [0.15, 0.2) is 60.7 Å². The highest BCUT2D eigenvalue weighted by molar-refractivity contribution is 5.99. The zero-order chi connectivity index (χ0) is 23.5. The molecule has 0 atom stereocenters. The summed E-state index contributed by atoms with van der Waals surface area (Å²) in [5.74, 6) is -0.558. The first-order valence-corrected chi connectivity index (χ1v) is 10.6.